The maximum atomic E-state index is 5.85. The van der Waals surface area contributed by atoms with E-state index in [1.807, 2.05) is 37.3 Å². The number of benzene rings is 1. The van der Waals surface area contributed by atoms with E-state index in [2.05, 4.69) is 4.98 Å². The van der Waals surface area contributed by atoms with Crippen LogP contribution in [0.15, 0.2) is 42.7 Å². The van der Waals surface area contributed by atoms with Crippen LogP contribution in [0.3, 0.4) is 0 Å². The molecule has 19 heavy (non-hydrogen) atoms. The molecule has 0 amide bonds. The molecule has 0 aliphatic rings. The molecule has 1 aromatic carbocycles. The number of hydrogen-bond donors (Lipinski definition) is 1. The smallest absolute Gasteiger partial charge is 0.161 e. The summed E-state index contributed by atoms with van der Waals surface area (Å²) in [6.07, 6.45) is 3.52. The molecule has 0 radical (unpaired) electrons. The first-order valence-corrected chi connectivity index (χ1v) is 6.16. The van der Waals surface area contributed by atoms with Gasteiger partial charge in [-0.2, -0.15) is 0 Å². The fourth-order valence-corrected chi connectivity index (χ4v) is 1.73. The standard InChI is InChI=1S/C15H18N2O2/c1-11(16)13-5-6-14(15(8-13)18-2)19-10-12-4-3-7-17-9-12/h3-9,11H,10,16H2,1-2H3/t11-/m1/s1. The molecule has 0 aliphatic carbocycles. The van der Waals surface area contributed by atoms with E-state index in [0.29, 0.717) is 18.1 Å². The molecule has 0 saturated carbocycles. The van der Waals surface area contributed by atoms with Crippen molar-refractivity contribution in [3.63, 3.8) is 0 Å². The zero-order valence-electron chi connectivity index (χ0n) is 11.2. The highest BCUT2D eigenvalue weighted by Gasteiger charge is 2.08. The van der Waals surface area contributed by atoms with Crippen LogP contribution in [-0.4, -0.2) is 12.1 Å². The van der Waals surface area contributed by atoms with Gasteiger partial charge in [0.15, 0.2) is 11.5 Å². The second-order valence-corrected chi connectivity index (χ2v) is 4.35. The van der Waals surface area contributed by atoms with Gasteiger partial charge in [-0.1, -0.05) is 12.1 Å². The Morgan fingerprint density at radius 3 is 2.74 bits per heavy atom. The molecule has 2 N–H and O–H groups in total. The van der Waals surface area contributed by atoms with Crippen molar-refractivity contribution >= 4 is 0 Å². The van der Waals surface area contributed by atoms with Crippen molar-refractivity contribution in [2.24, 2.45) is 5.73 Å². The molecular weight excluding hydrogens is 240 g/mol. The third-order valence-electron chi connectivity index (χ3n) is 2.83. The molecule has 1 atom stereocenters. The fourth-order valence-electron chi connectivity index (χ4n) is 1.73. The summed E-state index contributed by atoms with van der Waals surface area (Å²) >= 11 is 0. The van der Waals surface area contributed by atoms with Crippen molar-refractivity contribution in [1.29, 1.82) is 0 Å². The normalized spacial score (nSPS) is 11.9. The topological polar surface area (TPSA) is 57.4 Å². The Bertz CT molecular complexity index is 527. The molecule has 1 heterocycles. The van der Waals surface area contributed by atoms with Crippen LogP contribution >= 0.6 is 0 Å². The van der Waals surface area contributed by atoms with Gasteiger partial charge in [-0.25, -0.2) is 0 Å². The first kappa shape index (κ1) is 13.4. The second kappa shape index (κ2) is 6.20. The lowest BCUT2D eigenvalue weighted by Gasteiger charge is -2.13. The molecule has 0 fully saturated rings. The van der Waals surface area contributed by atoms with Crippen LogP contribution in [0.25, 0.3) is 0 Å². The predicted molar refractivity (Wildman–Crippen MR) is 74.2 cm³/mol. The van der Waals surface area contributed by atoms with E-state index < -0.39 is 0 Å². The zero-order valence-corrected chi connectivity index (χ0v) is 11.2. The maximum absolute atomic E-state index is 5.85. The number of pyridine rings is 1. The molecule has 0 spiro atoms. The molecule has 1 aromatic heterocycles. The summed E-state index contributed by atoms with van der Waals surface area (Å²) < 4.78 is 11.1. The third-order valence-corrected chi connectivity index (χ3v) is 2.83. The maximum Gasteiger partial charge on any atom is 0.161 e. The van der Waals surface area contributed by atoms with Crippen molar-refractivity contribution in [2.75, 3.05) is 7.11 Å². The number of nitrogens with two attached hydrogens (primary N) is 1. The van der Waals surface area contributed by atoms with E-state index in [0.717, 1.165) is 11.1 Å². The van der Waals surface area contributed by atoms with E-state index in [1.165, 1.54) is 0 Å². The van der Waals surface area contributed by atoms with Crippen LogP contribution in [0.1, 0.15) is 24.1 Å². The van der Waals surface area contributed by atoms with E-state index in [9.17, 15) is 0 Å². The zero-order chi connectivity index (χ0) is 13.7. The van der Waals surface area contributed by atoms with Crippen molar-refractivity contribution < 1.29 is 9.47 Å². The minimum atomic E-state index is -0.0266. The van der Waals surface area contributed by atoms with Crippen LogP contribution < -0.4 is 15.2 Å². The summed E-state index contributed by atoms with van der Waals surface area (Å²) in [5.41, 5.74) is 7.88. The number of aromatic nitrogens is 1. The highest BCUT2D eigenvalue weighted by molar-refractivity contribution is 5.43. The minimum Gasteiger partial charge on any atom is -0.493 e. The summed E-state index contributed by atoms with van der Waals surface area (Å²) in [6.45, 7) is 2.40. The Kier molecular flexibility index (Phi) is 4.36. The SMILES string of the molecule is COc1cc([C@@H](C)N)ccc1OCc1cccnc1. The number of rotatable bonds is 5. The largest absolute Gasteiger partial charge is 0.493 e. The number of nitrogens with zero attached hydrogens (tertiary/aromatic N) is 1. The average Bonchev–Trinajstić information content (AvgIpc) is 2.45. The van der Waals surface area contributed by atoms with Gasteiger partial charge >= 0.3 is 0 Å². The van der Waals surface area contributed by atoms with Crippen LogP contribution in [0.4, 0.5) is 0 Å². The Morgan fingerprint density at radius 1 is 1.26 bits per heavy atom. The molecule has 2 rings (SSSR count). The van der Waals surface area contributed by atoms with E-state index in [-0.39, 0.29) is 6.04 Å². The van der Waals surface area contributed by atoms with Gasteiger partial charge in [-0.05, 0) is 30.7 Å². The number of hydrogen-bond acceptors (Lipinski definition) is 4. The first-order chi connectivity index (χ1) is 9.20. The quantitative estimate of drug-likeness (QED) is 0.895. The predicted octanol–water partition coefficient (Wildman–Crippen LogP) is 2.69. The molecule has 2 aromatic rings. The molecule has 4 heteroatoms. The van der Waals surface area contributed by atoms with Gasteiger partial charge in [-0.15, -0.1) is 0 Å². The molecule has 4 nitrogen and oxygen atoms in total. The third kappa shape index (κ3) is 3.45. The van der Waals surface area contributed by atoms with Crippen LogP contribution in [-0.2, 0) is 6.61 Å². The lowest BCUT2D eigenvalue weighted by atomic mass is 10.1. The summed E-state index contributed by atoms with van der Waals surface area (Å²) in [7, 11) is 1.62. The summed E-state index contributed by atoms with van der Waals surface area (Å²) in [4.78, 5) is 4.05. The van der Waals surface area contributed by atoms with Crippen LogP contribution in [0.5, 0.6) is 11.5 Å². The summed E-state index contributed by atoms with van der Waals surface area (Å²) in [5.74, 6) is 1.40. The average molecular weight is 258 g/mol. The fraction of sp³-hybridized carbons (Fsp3) is 0.267. The van der Waals surface area contributed by atoms with Gasteiger partial charge in [0.2, 0.25) is 0 Å². The highest BCUT2D eigenvalue weighted by Crippen LogP contribution is 2.30. The molecule has 0 unspecified atom stereocenters. The Hall–Kier alpha value is -2.07. The van der Waals surface area contributed by atoms with Crippen molar-refractivity contribution in [3.8, 4) is 11.5 Å². The Labute approximate surface area is 113 Å². The lowest BCUT2D eigenvalue weighted by Crippen LogP contribution is -2.05. The molecule has 0 bridgehead atoms. The van der Waals surface area contributed by atoms with Gasteiger partial charge in [0, 0.05) is 24.0 Å². The highest BCUT2D eigenvalue weighted by atomic mass is 16.5. The number of methoxy groups -OCH3 is 1. The van der Waals surface area contributed by atoms with E-state index in [4.69, 9.17) is 15.2 Å². The molecular formula is C15H18N2O2. The molecule has 0 saturated heterocycles. The summed E-state index contributed by atoms with van der Waals surface area (Å²) in [6, 6.07) is 9.56. The van der Waals surface area contributed by atoms with Gasteiger partial charge in [0.1, 0.15) is 6.61 Å². The van der Waals surface area contributed by atoms with Crippen molar-refractivity contribution in [3.05, 3.63) is 53.9 Å². The minimum absolute atomic E-state index is 0.0266. The Balaban J connectivity index is 2.12. The second-order valence-electron chi connectivity index (χ2n) is 4.35. The molecule has 100 valence electrons. The van der Waals surface area contributed by atoms with Gasteiger partial charge < -0.3 is 15.2 Å². The van der Waals surface area contributed by atoms with Crippen molar-refractivity contribution in [2.45, 2.75) is 19.6 Å². The van der Waals surface area contributed by atoms with Crippen LogP contribution in [0, 0.1) is 0 Å². The van der Waals surface area contributed by atoms with E-state index >= 15 is 0 Å². The summed E-state index contributed by atoms with van der Waals surface area (Å²) in [5, 5.41) is 0. The van der Waals surface area contributed by atoms with Crippen LogP contribution in [0.2, 0.25) is 0 Å². The first-order valence-electron chi connectivity index (χ1n) is 6.16. The monoisotopic (exact) mass is 258 g/mol. The number of ether oxygens (including phenoxy) is 2. The van der Waals surface area contributed by atoms with Crippen molar-refractivity contribution in [1.82, 2.24) is 4.98 Å². The van der Waals surface area contributed by atoms with E-state index in [1.54, 1.807) is 19.5 Å². The molecule has 0 aliphatic heterocycles. The van der Waals surface area contributed by atoms with Gasteiger partial charge in [-0.3, -0.25) is 4.98 Å². The van der Waals surface area contributed by atoms with Gasteiger partial charge in [0.25, 0.3) is 0 Å². The van der Waals surface area contributed by atoms with Gasteiger partial charge in [0.05, 0.1) is 7.11 Å². The lowest BCUT2D eigenvalue weighted by molar-refractivity contribution is 0.284. The Morgan fingerprint density at radius 2 is 2.11 bits per heavy atom.